The van der Waals surface area contributed by atoms with Gasteiger partial charge >= 0.3 is 0 Å². The lowest BCUT2D eigenvalue weighted by Crippen LogP contribution is -2.44. The van der Waals surface area contributed by atoms with Crippen LogP contribution in [0.25, 0.3) is 0 Å². The molecule has 0 unspecified atom stereocenters. The summed E-state index contributed by atoms with van der Waals surface area (Å²) in [6.07, 6.45) is 0. The Morgan fingerprint density at radius 1 is 0.522 bits per heavy atom. The Balaban J connectivity index is 4.82. The van der Waals surface area contributed by atoms with E-state index >= 15 is 0 Å². The molecule has 0 rings (SSSR count). The first-order chi connectivity index (χ1) is 11.1. The van der Waals surface area contributed by atoms with Gasteiger partial charge in [-0.1, -0.05) is 0 Å². The van der Waals surface area contributed by atoms with Crippen molar-refractivity contribution >= 4 is 23.0 Å². The zero-order valence-electron chi connectivity index (χ0n) is 14.9. The molecule has 0 atom stereocenters. The summed E-state index contributed by atoms with van der Waals surface area (Å²) in [6.45, 7) is 3.78. The molecule has 0 bridgehead atoms. The summed E-state index contributed by atoms with van der Waals surface area (Å²) in [7, 11) is 8.28. The average molecular weight is 450 g/mol. The molecule has 0 aliphatic heterocycles. The minimum atomic E-state index is -0.357. The summed E-state index contributed by atoms with van der Waals surface area (Å²) in [6, 6.07) is 0. The Labute approximate surface area is 153 Å². The molecule has 0 aromatic carbocycles. The van der Waals surface area contributed by atoms with Gasteiger partial charge in [0.05, 0.1) is 63.7 Å². The molecule has 23 heavy (non-hydrogen) atoms. The van der Waals surface area contributed by atoms with Gasteiger partial charge in [-0.05, 0) is 0 Å². The first-order valence-electron chi connectivity index (χ1n) is 7.33. The van der Waals surface area contributed by atoms with Crippen LogP contribution in [0.15, 0.2) is 0 Å². The highest BCUT2D eigenvalue weighted by molar-refractivity contribution is 14.1. The van der Waals surface area contributed by atoms with Crippen molar-refractivity contribution < 1.29 is 31.5 Å². The quantitative estimate of drug-likeness (QED) is 0.331. The van der Waals surface area contributed by atoms with Crippen LogP contribution in [-0.4, -0.2) is 88.4 Å². The Morgan fingerprint density at radius 3 is 1.09 bits per heavy atom. The molecule has 0 amide bonds. The van der Waals surface area contributed by atoms with Gasteiger partial charge in [-0.3, -0.25) is 0 Å². The van der Waals surface area contributed by atoms with Crippen LogP contribution >= 0.6 is 23.0 Å². The highest BCUT2D eigenvalue weighted by atomic mass is 127. The molecule has 0 aromatic rings. The lowest BCUT2D eigenvalue weighted by Gasteiger charge is -2.35. The van der Waals surface area contributed by atoms with Crippen molar-refractivity contribution in [1.82, 2.24) is 0 Å². The van der Waals surface area contributed by atoms with Gasteiger partial charge in [-0.2, -0.15) is 0 Å². The Kier molecular flexibility index (Phi) is 14.0. The smallest absolute Gasteiger partial charge is 0.109 e. The van der Waals surface area contributed by atoms with Crippen molar-refractivity contribution in [2.24, 2.45) is 10.8 Å². The molecule has 0 fully saturated rings. The Bertz CT molecular complexity index is 219. The third-order valence-corrected chi connectivity index (χ3v) is 3.74. The van der Waals surface area contributed by atoms with Gasteiger partial charge in [0.1, 0.15) is 23.0 Å². The van der Waals surface area contributed by atoms with Crippen LogP contribution in [-0.2, 0) is 31.5 Å². The van der Waals surface area contributed by atoms with Crippen LogP contribution in [0.5, 0.6) is 0 Å². The van der Waals surface area contributed by atoms with Crippen molar-refractivity contribution in [2.45, 2.75) is 0 Å². The van der Waals surface area contributed by atoms with Gasteiger partial charge in [0.25, 0.3) is 0 Å². The van der Waals surface area contributed by atoms with E-state index in [4.69, 9.17) is 31.5 Å². The number of rotatable bonds is 16. The van der Waals surface area contributed by atoms with Crippen LogP contribution in [0.3, 0.4) is 0 Å². The van der Waals surface area contributed by atoms with E-state index in [-0.39, 0.29) is 10.8 Å². The topological polar surface area (TPSA) is 64.6 Å². The van der Waals surface area contributed by atoms with Gasteiger partial charge in [0.15, 0.2) is 0 Å². The number of hydrogen-bond donors (Lipinski definition) is 0. The van der Waals surface area contributed by atoms with Crippen LogP contribution in [0.1, 0.15) is 0 Å². The van der Waals surface area contributed by atoms with E-state index in [0.29, 0.717) is 52.9 Å². The second-order valence-corrected chi connectivity index (χ2v) is 6.53. The third-order valence-electron chi connectivity index (χ3n) is 3.43. The fourth-order valence-electron chi connectivity index (χ4n) is 2.63. The Morgan fingerprint density at radius 2 is 0.826 bits per heavy atom. The predicted octanol–water partition coefficient (Wildman–Crippen LogP) is 1.57. The first-order valence-corrected chi connectivity index (χ1v) is 8.21. The minimum absolute atomic E-state index is 0.352. The van der Waals surface area contributed by atoms with E-state index in [1.807, 2.05) is 23.0 Å². The van der Waals surface area contributed by atoms with Crippen molar-refractivity contribution in [3.63, 3.8) is 0 Å². The normalized spacial score (nSPS) is 12.8. The fourth-order valence-corrected chi connectivity index (χ4v) is 3.29. The van der Waals surface area contributed by atoms with E-state index in [0.717, 1.165) is 0 Å². The first kappa shape index (κ1) is 23.4. The van der Waals surface area contributed by atoms with Crippen LogP contribution in [0, 0.1) is 10.8 Å². The molecule has 0 saturated heterocycles. The van der Waals surface area contributed by atoms with Crippen LogP contribution in [0.2, 0.25) is 0 Å². The molecular formula is C15H31IO7. The Hall–Kier alpha value is 0.450. The van der Waals surface area contributed by atoms with Crippen molar-refractivity contribution in [1.29, 1.82) is 0 Å². The standard InChI is InChI=1S/C15H31IO7/c1-17-6-14(7-18-2,8-19-3)11-22-12-15(9-20-4,10-21-5)13-23-16/h6-13H2,1-5H3. The van der Waals surface area contributed by atoms with Gasteiger partial charge in [0, 0.05) is 35.5 Å². The maximum atomic E-state index is 6.00. The van der Waals surface area contributed by atoms with Crippen molar-refractivity contribution in [3.8, 4) is 0 Å². The molecule has 0 aliphatic rings. The van der Waals surface area contributed by atoms with Gasteiger partial charge in [-0.15, -0.1) is 0 Å². The SMILES string of the molecule is COCC(COC)(COC)COCC(COC)(COC)COI. The molecule has 0 spiro atoms. The molecule has 8 heteroatoms. The maximum Gasteiger partial charge on any atom is 0.109 e. The molecule has 7 nitrogen and oxygen atoms in total. The molecule has 0 saturated carbocycles. The molecule has 0 aliphatic carbocycles. The van der Waals surface area contributed by atoms with Crippen molar-refractivity contribution in [2.75, 3.05) is 88.4 Å². The number of halogens is 1. The maximum absolute atomic E-state index is 6.00. The van der Waals surface area contributed by atoms with E-state index in [2.05, 4.69) is 0 Å². The molecule has 0 heterocycles. The van der Waals surface area contributed by atoms with E-state index in [9.17, 15) is 0 Å². The second-order valence-electron chi connectivity index (χ2n) is 5.91. The lowest BCUT2D eigenvalue weighted by molar-refractivity contribution is -0.117. The number of ether oxygens (including phenoxy) is 6. The monoisotopic (exact) mass is 450 g/mol. The highest BCUT2D eigenvalue weighted by Gasteiger charge is 2.35. The highest BCUT2D eigenvalue weighted by Crippen LogP contribution is 2.24. The lowest BCUT2D eigenvalue weighted by atomic mass is 9.90. The summed E-state index contributed by atoms with van der Waals surface area (Å²) in [4.78, 5) is 0. The number of hydrogen-bond acceptors (Lipinski definition) is 7. The predicted molar refractivity (Wildman–Crippen MR) is 95.0 cm³/mol. The van der Waals surface area contributed by atoms with Gasteiger partial charge in [0.2, 0.25) is 0 Å². The van der Waals surface area contributed by atoms with E-state index in [1.165, 1.54) is 0 Å². The number of methoxy groups -OCH3 is 5. The zero-order chi connectivity index (χ0) is 17.6. The van der Waals surface area contributed by atoms with Gasteiger partial charge in [-0.25, -0.2) is 0 Å². The zero-order valence-corrected chi connectivity index (χ0v) is 17.1. The summed E-state index contributed by atoms with van der Waals surface area (Å²) in [5, 5.41) is 0. The van der Waals surface area contributed by atoms with E-state index < -0.39 is 0 Å². The largest absolute Gasteiger partial charge is 0.384 e. The van der Waals surface area contributed by atoms with E-state index in [1.54, 1.807) is 35.5 Å². The van der Waals surface area contributed by atoms with Crippen LogP contribution in [0.4, 0.5) is 0 Å². The molecule has 0 N–H and O–H groups in total. The van der Waals surface area contributed by atoms with Crippen molar-refractivity contribution in [3.05, 3.63) is 0 Å². The fraction of sp³-hybridized carbons (Fsp3) is 1.00. The minimum Gasteiger partial charge on any atom is -0.384 e. The second kappa shape index (κ2) is 13.7. The van der Waals surface area contributed by atoms with Gasteiger partial charge < -0.3 is 31.5 Å². The summed E-state index contributed by atoms with van der Waals surface area (Å²) >= 11 is 1.87. The third kappa shape index (κ3) is 8.92. The molecule has 140 valence electrons. The molecule has 0 radical (unpaired) electrons. The van der Waals surface area contributed by atoms with Crippen LogP contribution < -0.4 is 0 Å². The summed E-state index contributed by atoms with van der Waals surface area (Å²) < 4.78 is 37.9. The summed E-state index contributed by atoms with van der Waals surface area (Å²) in [5.41, 5.74) is -0.709. The summed E-state index contributed by atoms with van der Waals surface area (Å²) in [5.74, 6) is 0. The molecule has 0 aromatic heterocycles. The average Bonchev–Trinajstić information content (AvgIpc) is 2.49. The molecular weight excluding hydrogens is 419 g/mol.